The Bertz CT molecular complexity index is 458. The van der Waals surface area contributed by atoms with Crippen LogP contribution >= 0.6 is 0 Å². The molecular weight excluding hydrogens is 238 g/mol. The number of hydrogen-bond acceptors (Lipinski definition) is 5. The summed E-state index contributed by atoms with van der Waals surface area (Å²) in [5.74, 6) is -0.685. The molecule has 0 aliphatic carbocycles. The molecule has 1 aromatic rings. The van der Waals surface area contributed by atoms with Gasteiger partial charge in [-0.2, -0.15) is 0 Å². The molecule has 18 heavy (non-hydrogen) atoms. The maximum absolute atomic E-state index is 11.4. The molecule has 0 bridgehead atoms. The normalized spacial score (nSPS) is 11.9. The van der Waals surface area contributed by atoms with E-state index in [4.69, 9.17) is 9.84 Å². The van der Waals surface area contributed by atoms with Crippen LogP contribution in [-0.4, -0.2) is 34.7 Å². The first-order valence-electron chi connectivity index (χ1n) is 5.64. The quantitative estimate of drug-likeness (QED) is 0.619. The van der Waals surface area contributed by atoms with E-state index in [1.807, 2.05) is 0 Å². The van der Waals surface area contributed by atoms with Crippen LogP contribution in [-0.2, 0) is 4.79 Å². The van der Waals surface area contributed by atoms with Gasteiger partial charge in [0.1, 0.15) is 0 Å². The van der Waals surface area contributed by atoms with Crippen molar-refractivity contribution in [1.29, 1.82) is 0 Å². The fourth-order valence-electron chi connectivity index (χ4n) is 1.44. The van der Waals surface area contributed by atoms with Crippen molar-refractivity contribution in [2.24, 2.45) is 5.92 Å². The van der Waals surface area contributed by atoms with Crippen LogP contribution in [0.25, 0.3) is 0 Å². The molecule has 7 nitrogen and oxygen atoms in total. The number of aromatic nitrogens is 2. The van der Waals surface area contributed by atoms with Gasteiger partial charge in [0.2, 0.25) is 5.75 Å². The monoisotopic (exact) mass is 255 g/mol. The summed E-state index contributed by atoms with van der Waals surface area (Å²) in [4.78, 5) is 28.3. The van der Waals surface area contributed by atoms with E-state index in [2.05, 4.69) is 15.3 Å². The van der Waals surface area contributed by atoms with Gasteiger partial charge in [-0.1, -0.05) is 6.92 Å². The average Bonchev–Trinajstić information content (AvgIpc) is 2.34. The first-order chi connectivity index (χ1) is 8.56. The summed E-state index contributed by atoms with van der Waals surface area (Å²) in [6.45, 7) is 2.19. The molecule has 1 heterocycles. The number of ether oxygens (including phenoxy) is 1. The minimum Gasteiger partial charge on any atom is -0.489 e. The lowest BCUT2D eigenvalue weighted by Crippen LogP contribution is -2.16. The Morgan fingerprint density at radius 2 is 2.39 bits per heavy atom. The number of nitrogens with one attached hydrogen (secondary N) is 2. The smallest absolute Gasteiger partial charge is 0.306 e. The number of H-pyrrole nitrogens is 1. The molecule has 0 spiro atoms. The Morgan fingerprint density at radius 3 is 3.00 bits per heavy atom. The van der Waals surface area contributed by atoms with E-state index < -0.39 is 5.97 Å². The number of rotatable bonds is 7. The standard InChI is InChI=1S/C11H17N3O4/c1-7(11(16)17)4-3-5-12-9-8(18-2)10(15)14-6-13-9/h6-7H,3-5H2,1-2H3,(H,16,17)(H2,12,13,14,15). The van der Waals surface area contributed by atoms with Gasteiger partial charge in [0.15, 0.2) is 5.82 Å². The predicted octanol–water partition coefficient (Wildman–Crippen LogP) is 0.691. The largest absolute Gasteiger partial charge is 0.489 e. The Balaban J connectivity index is 2.47. The number of carbonyl (C=O) groups is 1. The van der Waals surface area contributed by atoms with E-state index in [1.165, 1.54) is 13.4 Å². The van der Waals surface area contributed by atoms with E-state index in [1.54, 1.807) is 6.92 Å². The fraction of sp³-hybridized carbons (Fsp3) is 0.545. The van der Waals surface area contributed by atoms with Gasteiger partial charge in [-0.05, 0) is 12.8 Å². The average molecular weight is 255 g/mol. The second-order valence-electron chi connectivity index (χ2n) is 3.92. The SMILES string of the molecule is COc1c(NCCCC(C)C(=O)O)nc[nH]c1=O. The van der Waals surface area contributed by atoms with E-state index >= 15 is 0 Å². The zero-order valence-corrected chi connectivity index (χ0v) is 10.4. The van der Waals surface area contributed by atoms with E-state index in [-0.39, 0.29) is 17.2 Å². The minimum atomic E-state index is -0.804. The summed E-state index contributed by atoms with van der Waals surface area (Å²) in [6.07, 6.45) is 2.52. The zero-order valence-electron chi connectivity index (χ0n) is 10.4. The van der Waals surface area contributed by atoms with Crippen LogP contribution < -0.4 is 15.6 Å². The number of carboxylic acid groups (broad SMARTS) is 1. The van der Waals surface area contributed by atoms with Crippen molar-refractivity contribution in [3.05, 3.63) is 16.7 Å². The Hall–Kier alpha value is -2.05. The Labute approximate surface area is 104 Å². The molecule has 7 heteroatoms. The first-order valence-corrected chi connectivity index (χ1v) is 5.64. The molecule has 0 amide bonds. The van der Waals surface area contributed by atoms with Crippen LogP contribution in [0.1, 0.15) is 19.8 Å². The van der Waals surface area contributed by atoms with Crippen molar-refractivity contribution in [2.75, 3.05) is 19.0 Å². The fourth-order valence-corrected chi connectivity index (χ4v) is 1.44. The topological polar surface area (TPSA) is 104 Å². The third-order valence-corrected chi connectivity index (χ3v) is 2.54. The summed E-state index contributed by atoms with van der Waals surface area (Å²) >= 11 is 0. The Morgan fingerprint density at radius 1 is 1.67 bits per heavy atom. The van der Waals surface area contributed by atoms with Crippen molar-refractivity contribution >= 4 is 11.8 Å². The summed E-state index contributed by atoms with van der Waals surface area (Å²) in [6, 6.07) is 0. The molecule has 1 rings (SSSR count). The highest BCUT2D eigenvalue weighted by Crippen LogP contribution is 2.14. The van der Waals surface area contributed by atoms with E-state index in [0.29, 0.717) is 25.2 Å². The second kappa shape index (κ2) is 6.63. The summed E-state index contributed by atoms with van der Waals surface area (Å²) in [5.41, 5.74) is -0.353. The molecule has 1 aromatic heterocycles. The molecule has 0 saturated carbocycles. The summed E-state index contributed by atoms with van der Waals surface area (Å²) in [7, 11) is 1.39. The van der Waals surface area contributed by atoms with Gasteiger partial charge < -0.3 is 20.1 Å². The number of carboxylic acids is 1. The van der Waals surface area contributed by atoms with Crippen LogP contribution in [0.2, 0.25) is 0 Å². The highest BCUT2D eigenvalue weighted by atomic mass is 16.5. The number of methoxy groups -OCH3 is 1. The molecule has 0 radical (unpaired) electrons. The predicted molar refractivity (Wildman–Crippen MR) is 65.9 cm³/mol. The molecule has 0 aromatic carbocycles. The number of nitrogens with zero attached hydrogens (tertiary/aromatic N) is 1. The second-order valence-corrected chi connectivity index (χ2v) is 3.92. The first kappa shape index (κ1) is 14.0. The van der Waals surface area contributed by atoms with Crippen molar-refractivity contribution in [1.82, 2.24) is 9.97 Å². The molecule has 0 aliphatic rings. The van der Waals surface area contributed by atoms with E-state index in [9.17, 15) is 9.59 Å². The summed E-state index contributed by atoms with van der Waals surface area (Å²) < 4.78 is 4.93. The van der Waals surface area contributed by atoms with Gasteiger partial charge in [0.05, 0.1) is 19.4 Å². The van der Waals surface area contributed by atoms with Gasteiger partial charge in [-0.3, -0.25) is 9.59 Å². The minimum absolute atomic E-state index is 0.129. The van der Waals surface area contributed by atoms with Crippen LogP contribution in [0.5, 0.6) is 5.75 Å². The number of anilines is 1. The maximum Gasteiger partial charge on any atom is 0.306 e. The van der Waals surface area contributed by atoms with Crippen LogP contribution in [0.4, 0.5) is 5.82 Å². The lowest BCUT2D eigenvalue weighted by Gasteiger charge is -2.09. The van der Waals surface area contributed by atoms with Gasteiger partial charge in [0, 0.05) is 6.54 Å². The molecule has 0 saturated heterocycles. The van der Waals surface area contributed by atoms with Crippen molar-refractivity contribution in [2.45, 2.75) is 19.8 Å². The van der Waals surface area contributed by atoms with Crippen LogP contribution in [0, 0.1) is 5.92 Å². The number of aromatic amines is 1. The van der Waals surface area contributed by atoms with Gasteiger partial charge >= 0.3 is 5.97 Å². The molecule has 0 fully saturated rings. The third-order valence-electron chi connectivity index (χ3n) is 2.54. The van der Waals surface area contributed by atoms with E-state index in [0.717, 1.165) is 0 Å². The molecular formula is C11H17N3O4. The van der Waals surface area contributed by atoms with Crippen molar-refractivity contribution < 1.29 is 14.6 Å². The van der Waals surface area contributed by atoms with Gasteiger partial charge in [-0.15, -0.1) is 0 Å². The Kier molecular flexibility index (Phi) is 5.16. The van der Waals surface area contributed by atoms with Gasteiger partial charge in [0.25, 0.3) is 5.56 Å². The molecule has 0 aliphatic heterocycles. The lowest BCUT2D eigenvalue weighted by atomic mass is 10.1. The van der Waals surface area contributed by atoms with Gasteiger partial charge in [-0.25, -0.2) is 4.98 Å². The molecule has 3 N–H and O–H groups in total. The highest BCUT2D eigenvalue weighted by Gasteiger charge is 2.11. The van der Waals surface area contributed by atoms with Crippen LogP contribution in [0.3, 0.4) is 0 Å². The molecule has 100 valence electrons. The number of hydrogen-bond donors (Lipinski definition) is 3. The van der Waals surface area contributed by atoms with Crippen molar-refractivity contribution in [3.63, 3.8) is 0 Å². The van der Waals surface area contributed by atoms with Crippen molar-refractivity contribution in [3.8, 4) is 5.75 Å². The lowest BCUT2D eigenvalue weighted by molar-refractivity contribution is -0.141. The van der Waals surface area contributed by atoms with Crippen LogP contribution in [0.15, 0.2) is 11.1 Å². The highest BCUT2D eigenvalue weighted by molar-refractivity contribution is 5.69. The summed E-state index contributed by atoms with van der Waals surface area (Å²) in [5, 5.41) is 11.7. The third kappa shape index (κ3) is 3.76. The number of aliphatic carboxylic acids is 1. The molecule has 1 unspecified atom stereocenters. The zero-order chi connectivity index (χ0) is 13.5. The maximum atomic E-state index is 11.4. The molecule has 1 atom stereocenters.